The fourth-order valence-corrected chi connectivity index (χ4v) is 1.96. The number of anilines is 1. The topological polar surface area (TPSA) is 58.5 Å². The van der Waals surface area contributed by atoms with Crippen LogP contribution in [0.3, 0.4) is 0 Å². The van der Waals surface area contributed by atoms with E-state index in [0.29, 0.717) is 0 Å². The highest BCUT2D eigenvalue weighted by Gasteiger charge is 2.03. The summed E-state index contributed by atoms with van der Waals surface area (Å²) in [6.07, 6.45) is 9.05. The summed E-state index contributed by atoms with van der Waals surface area (Å²) < 4.78 is 2.17. The maximum absolute atomic E-state index is 4.32. The zero-order valence-corrected chi connectivity index (χ0v) is 11.1. The fourth-order valence-electron chi connectivity index (χ4n) is 1.96. The van der Waals surface area contributed by atoms with Crippen molar-refractivity contribution in [2.45, 2.75) is 39.7 Å². The number of aryl methyl sites for hydroxylation is 3. The van der Waals surface area contributed by atoms with Gasteiger partial charge in [0, 0.05) is 31.2 Å². The number of nitrogens with zero attached hydrogens (tertiary/aromatic N) is 3. The molecule has 0 bridgehead atoms. The summed E-state index contributed by atoms with van der Waals surface area (Å²) in [5.74, 6) is 0.973. The van der Waals surface area contributed by atoms with Gasteiger partial charge in [-0.1, -0.05) is 6.92 Å². The molecule has 0 aromatic carbocycles. The molecule has 0 aliphatic carbocycles. The van der Waals surface area contributed by atoms with E-state index < -0.39 is 0 Å². The van der Waals surface area contributed by atoms with Crippen LogP contribution < -0.4 is 5.32 Å². The van der Waals surface area contributed by atoms with Crippen molar-refractivity contribution >= 4 is 5.95 Å². The Bertz CT molecular complexity index is 471. The molecule has 0 unspecified atom stereocenters. The van der Waals surface area contributed by atoms with Crippen LogP contribution in [0, 0.1) is 6.92 Å². The van der Waals surface area contributed by atoms with Gasteiger partial charge in [0.1, 0.15) is 0 Å². The highest BCUT2D eigenvalue weighted by atomic mass is 15.2. The first-order valence-corrected chi connectivity index (χ1v) is 6.55. The zero-order valence-electron chi connectivity index (χ0n) is 11.1. The van der Waals surface area contributed by atoms with E-state index in [1.54, 1.807) is 0 Å². The van der Waals surface area contributed by atoms with Crippen LogP contribution in [0.4, 0.5) is 5.95 Å². The van der Waals surface area contributed by atoms with Crippen LogP contribution in [0.25, 0.3) is 0 Å². The Hall–Kier alpha value is -1.78. The van der Waals surface area contributed by atoms with Crippen LogP contribution in [0.5, 0.6) is 0 Å². The number of nitrogens with one attached hydrogen (secondary N) is 2. The Labute approximate surface area is 108 Å². The smallest absolute Gasteiger partial charge is 0.202 e. The highest BCUT2D eigenvalue weighted by Crippen LogP contribution is 2.10. The number of aromatic amines is 1. The summed E-state index contributed by atoms with van der Waals surface area (Å²) in [5, 5.41) is 10.3. The van der Waals surface area contributed by atoms with Crippen LogP contribution >= 0.6 is 0 Å². The maximum Gasteiger partial charge on any atom is 0.202 e. The molecule has 5 nitrogen and oxygen atoms in total. The lowest BCUT2D eigenvalue weighted by atomic mass is 10.1. The summed E-state index contributed by atoms with van der Waals surface area (Å²) in [6, 6.07) is 0. The van der Waals surface area contributed by atoms with Crippen molar-refractivity contribution in [3.8, 4) is 0 Å². The van der Waals surface area contributed by atoms with Gasteiger partial charge in [0.2, 0.25) is 5.95 Å². The summed E-state index contributed by atoms with van der Waals surface area (Å²) in [5.41, 5.74) is 2.48. The van der Waals surface area contributed by atoms with Crippen LogP contribution in [-0.4, -0.2) is 26.3 Å². The number of imidazole rings is 1. The Balaban J connectivity index is 1.83. The van der Waals surface area contributed by atoms with E-state index in [1.807, 2.05) is 18.6 Å². The average Bonchev–Trinajstić information content (AvgIpc) is 2.97. The Morgan fingerprint density at radius 2 is 2.33 bits per heavy atom. The van der Waals surface area contributed by atoms with Crippen molar-refractivity contribution in [1.29, 1.82) is 0 Å². The van der Waals surface area contributed by atoms with Crippen molar-refractivity contribution < 1.29 is 0 Å². The quantitative estimate of drug-likeness (QED) is 0.789. The molecule has 2 aromatic heterocycles. The molecule has 18 heavy (non-hydrogen) atoms. The van der Waals surface area contributed by atoms with Crippen molar-refractivity contribution in [1.82, 2.24) is 19.7 Å². The van der Waals surface area contributed by atoms with Crippen LogP contribution in [0.15, 0.2) is 18.6 Å². The molecule has 0 aliphatic heterocycles. The monoisotopic (exact) mass is 247 g/mol. The summed E-state index contributed by atoms with van der Waals surface area (Å²) in [7, 11) is 0. The van der Waals surface area contributed by atoms with Crippen molar-refractivity contribution in [3.05, 3.63) is 29.8 Å². The third-order valence-corrected chi connectivity index (χ3v) is 3.03. The van der Waals surface area contributed by atoms with Crippen molar-refractivity contribution in [2.24, 2.45) is 0 Å². The fraction of sp³-hybridized carbons (Fsp3) is 0.538. The van der Waals surface area contributed by atoms with Gasteiger partial charge in [-0.15, -0.1) is 0 Å². The van der Waals surface area contributed by atoms with Gasteiger partial charge in [-0.2, -0.15) is 5.10 Å². The third kappa shape index (κ3) is 3.12. The summed E-state index contributed by atoms with van der Waals surface area (Å²) in [4.78, 5) is 4.32. The van der Waals surface area contributed by atoms with Gasteiger partial charge in [0.15, 0.2) is 0 Å². The van der Waals surface area contributed by atoms with Gasteiger partial charge in [0.05, 0.1) is 6.20 Å². The van der Waals surface area contributed by atoms with E-state index in [1.165, 1.54) is 11.3 Å². The van der Waals surface area contributed by atoms with Gasteiger partial charge in [-0.25, -0.2) is 4.98 Å². The molecule has 0 aliphatic rings. The second kappa shape index (κ2) is 6.23. The van der Waals surface area contributed by atoms with E-state index in [0.717, 1.165) is 38.3 Å². The molecule has 0 fully saturated rings. The Morgan fingerprint density at radius 1 is 1.44 bits per heavy atom. The molecule has 2 rings (SSSR count). The molecule has 0 saturated carbocycles. The minimum Gasteiger partial charge on any atom is -0.356 e. The van der Waals surface area contributed by atoms with Gasteiger partial charge in [-0.3, -0.25) is 5.10 Å². The molecular formula is C13H21N5. The molecule has 98 valence electrons. The van der Waals surface area contributed by atoms with E-state index in [-0.39, 0.29) is 0 Å². The Kier molecular flexibility index (Phi) is 4.39. The van der Waals surface area contributed by atoms with Gasteiger partial charge in [-0.05, 0) is 31.7 Å². The van der Waals surface area contributed by atoms with E-state index in [4.69, 9.17) is 0 Å². The number of hydrogen-bond acceptors (Lipinski definition) is 3. The SMILES string of the molecule is CCCNc1nccn1CCCc1cn[nH]c1C. The van der Waals surface area contributed by atoms with Crippen molar-refractivity contribution in [3.63, 3.8) is 0 Å². The maximum atomic E-state index is 4.32. The number of H-pyrrole nitrogens is 1. The predicted molar refractivity (Wildman–Crippen MR) is 72.7 cm³/mol. The average molecular weight is 247 g/mol. The lowest BCUT2D eigenvalue weighted by Gasteiger charge is -2.08. The first-order chi connectivity index (χ1) is 8.81. The van der Waals surface area contributed by atoms with Gasteiger partial charge in [0.25, 0.3) is 0 Å². The summed E-state index contributed by atoms with van der Waals surface area (Å²) in [6.45, 7) is 6.17. The largest absolute Gasteiger partial charge is 0.356 e. The molecule has 0 amide bonds. The van der Waals surface area contributed by atoms with Crippen molar-refractivity contribution in [2.75, 3.05) is 11.9 Å². The molecule has 2 heterocycles. The Morgan fingerprint density at radius 3 is 3.06 bits per heavy atom. The number of hydrogen-bond donors (Lipinski definition) is 2. The molecule has 2 aromatic rings. The molecular weight excluding hydrogens is 226 g/mol. The molecule has 2 N–H and O–H groups in total. The van der Waals surface area contributed by atoms with E-state index in [9.17, 15) is 0 Å². The molecule has 0 spiro atoms. The molecule has 0 saturated heterocycles. The summed E-state index contributed by atoms with van der Waals surface area (Å²) >= 11 is 0. The molecule has 0 radical (unpaired) electrons. The van der Waals surface area contributed by atoms with Crippen LogP contribution in [0.1, 0.15) is 31.0 Å². The second-order valence-electron chi connectivity index (χ2n) is 4.49. The first kappa shape index (κ1) is 12.7. The standard InChI is InChI=1S/C13H21N5/c1-3-6-14-13-15-7-9-18(13)8-4-5-12-10-16-17-11(12)2/h7,9-10H,3-6,8H2,1-2H3,(H,14,15)(H,16,17). The van der Waals surface area contributed by atoms with E-state index in [2.05, 4.69) is 38.9 Å². The molecule has 0 atom stereocenters. The van der Waals surface area contributed by atoms with Gasteiger partial charge >= 0.3 is 0 Å². The third-order valence-electron chi connectivity index (χ3n) is 3.03. The zero-order chi connectivity index (χ0) is 12.8. The lowest BCUT2D eigenvalue weighted by Crippen LogP contribution is -2.08. The van der Waals surface area contributed by atoms with Gasteiger partial charge < -0.3 is 9.88 Å². The van der Waals surface area contributed by atoms with Crippen LogP contribution in [0.2, 0.25) is 0 Å². The number of aromatic nitrogens is 4. The number of rotatable bonds is 7. The first-order valence-electron chi connectivity index (χ1n) is 6.55. The lowest BCUT2D eigenvalue weighted by molar-refractivity contribution is 0.644. The predicted octanol–water partition coefficient (Wildman–Crippen LogP) is 2.37. The normalized spacial score (nSPS) is 10.8. The minimum atomic E-state index is 0.970. The van der Waals surface area contributed by atoms with Crippen LogP contribution in [-0.2, 0) is 13.0 Å². The van der Waals surface area contributed by atoms with E-state index >= 15 is 0 Å². The minimum absolute atomic E-state index is 0.970. The second-order valence-corrected chi connectivity index (χ2v) is 4.49. The molecule has 5 heteroatoms. The highest BCUT2D eigenvalue weighted by molar-refractivity contribution is 5.25.